The third-order valence-electron chi connectivity index (χ3n) is 4.44. The maximum Gasteiger partial charge on any atom is 0.225 e. The smallest absolute Gasteiger partial charge is 0.225 e. The Hall–Kier alpha value is -1.39. The highest BCUT2D eigenvalue weighted by Crippen LogP contribution is 2.23. The Morgan fingerprint density at radius 2 is 1.95 bits per heavy atom. The molecule has 0 saturated heterocycles. The predicted molar refractivity (Wildman–Crippen MR) is 89.7 cm³/mol. The molecule has 0 bridgehead atoms. The molecule has 1 amide bonds. The van der Waals surface area contributed by atoms with Gasteiger partial charge in [-0.2, -0.15) is 0 Å². The van der Waals surface area contributed by atoms with Crippen molar-refractivity contribution in [3.05, 3.63) is 30.3 Å². The fraction of sp³-hybridized carbons (Fsp3) is 0.611. The molecule has 0 spiro atoms. The number of aliphatic hydroxyl groups excluding tert-OH is 1. The number of hydrogen-bond acceptors (Lipinski definition) is 3. The predicted octanol–water partition coefficient (Wildman–Crippen LogP) is 2.93. The second kappa shape index (κ2) is 8.91. The highest BCUT2D eigenvalue weighted by Gasteiger charge is 2.24. The van der Waals surface area contributed by atoms with Crippen LogP contribution in [0.15, 0.2) is 30.3 Å². The Bertz CT molecular complexity index is 450. The van der Waals surface area contributed by atoms with Gasteiger partial charge >= 0.3 is 0 Å². The third kappa shape index (κ3) is 5.43. The minimum absolute atomic E-state index is 0.0281. The van der Waals surface area contributed by atoms with Gasteiger partial charge in [-0.15, -0.1) is 0 Å². The van der Waals surface area contributed by atoms with Crippen LogP contribution in [0, 0.1) is 5.92 Å². The summed E-state index contributed by atoms with van der Waals surface area (Å²) in [5.41, 5.74) is 0.836. The first-order valence-corrected chi connectivity index (χ1v) is 8.41. The van der Waals surface area contributed by atoms with Crippen molar-refractivity contribution in [2.24, 2.45) is 5.92 Å². The van der Waals surface area contributed by atoms with E-state index in [2.05, 4.69) is 10.6 Å². The van der Waals surface area contributed by atoms with Crippen molar-refractivity contribution in [3.63, 3.8) is 0 Å². The molecule has 1 aliphatic carbocycles. The molecule has 0 radical (unpaired) electrons. The molecule has 1 saturated carbocycles. The van der Waals surface area contributed by atoms with E-state index < -0.39 is 0 Å². The molecule has 2 rings (SSSR count). The normalized spacial score (nSPS) is 23.5. The van der Waals surface area contributed by atoms with E-state index in [0.29, 0.717) is 18.4 Å². The zero-order chi connectivity index (χ0) is 15.8. The van der Waals surface area contributed by atoms with Crippen molar-refractivity contribution in [1.82, 2.24) is 5.32 Å². The van der Waals surface area contributed by atoms with Crippen molar-refractivity contribution in [2.75, 3.05) is 11.9 Å². The lowest BCUT2D eigenvalue weighted by Crippen LogP contribution is -2.43. The van der Waals surface area contributed by atoms with Crippen LogP contribution in [-0.4, -0.2) is 29.7 Å². The summed E-state index contributed by atoms with van der Waals surface area (Å²) in [6.45, 7) is 2.28. The molecular weight excluding hydrogens is 276 g/mol. The molecule has 3 N–H and O–H groups in total. The third-order valence-corrected chi connectivity index (χ3v) is 4.44. The summed E-state index contributed by atoms with van der Waals surface area (Å²) in [6.07, 6.45) is 6.28. The van der Waals surface area contributed by atoms with Crippen molar-refractivity contribution in [2.45, 2.75) is 57.5 Å². The average Bonchev–Trinajstić information content (AvgIpc) is 2.72. The van der Waals surface area contributed by atoms with Gasteiger partial charge in [-0.05, 0) is 37.8 Å². The second-order valence-electron chi connectivity index (χ2n) is 6.37. The van der Waals surface area contributed by atoms with Crippen LogP contribution < -0.4 is 10.6 Å². The first-order chi connectivity index (χ1) is 10.7. The number of anilines is 1. The summed E-state index contributed by atoms with van der Waals surface area (Å²) in [6, 6.07) is 9.98. The van der Waals surface area contributed by atoms with Crippen LogP contribution in [0.1, 0.15) is 45.4 Å². The van der Waals surface area contributed by atoms with Crippen LogP contribution in [0.5, 0.6) is 0 Å². The fourth-order valence-corrected chi connectivity index (χ4v) is 3.26. The van der Waals surface area contributed by atoms with Crippen LogP contribution in [0.4, 0.5) is 5.69 Å². The van der Waals surface area contributed by atoms with E-state index >= 15 is 0 Å². The summed E-state index contributed by atoms with van der Waals surface area (Å²) < 4.78 is 0. The number of aliphatic hydroxyl groups is 1. The zero-order valence-electron chi connectivity index (χ0n) is 13.4. The molecule has 0 aromatic heterocycles. The summed E-state index contributed by atoms with van der Waals surface area (Å²) in [5, 5.41) is 16.0. The Morgan fingerprint density at radius 3 is 2.68 bits per heavy atom. The van der Waals surface area contributed by atoms with Crippen molar-refractivity contribution < 1.29 is 9.90 Å². The Labute approximate surface area is 133 Å². The SMILES string of the molecule is CC(CC(=O)Nc1ccccc1)NC1CCCCCC1CO. The van der Waals surface area contributed by atoms with Crippen molar-refractivity contribution in [3.8, 4) is 0 Å². The molecule has 4 nitrogen and oxygen atoms in total. The van der Waals surface area contributed by atoms with Crippen LogP contribution in [0.2, 0.25) is 0 Å². The summed E-state index contributed by atoms with van der Waals surface area (Å²) in [7, 11) is 0. The number of hydrogen-bond donors (Lipinski definition) is 3. The Balaban J connectivity index is 1.80. The van der Waals surface area contributed by atoms with Gasteiger partial charge in [0.05, 0.1) is 0 Å². The van der Waals surface area contributed by atoms with E-state index in [9.17, 15) is 9.90 Å². The monoisotopic (exact) mass is 304 g/mol. The number of nitrogens with one attached hydrogen (secondary N) is 2. The molecule has 1 aliphatic rings. The average molecular weight is 304 g/mol. The molecule has 3 unspecified atom stereocenters. The van der Waals surface area contributed by atoms with E-state index in [-0.39, 0.29) is 18.6 Å². The highest BCUT2D eigenvalue weighted by molar-refractivity contribution is 5.90. The van der Waals surface area contributed by atoms with E-state index in [1.54, 1.807) is 0 Å². The van der Waals surface area contributed by atoms with Gasteiger partial charge in [0, 0.05) is 30.8 Å². The fourth-order valence-electron chi connectivity index (χ4n) is 3.26. The van der Waals surface area contributed by atoms with Crippen LogP contribution in [0.25, 0.3) is 0 Å². The first kappa shape index (κ1) is 17.0. The Kier molecular flexibility index (Phi) is 6.87. The quantitative estimate of drug-likeness (QED) is 0.708. The van der Waals surface area contributed by atoms with E-state index in [1.807, 2.05) is 37.3 Å². The van der Waals surface area contributed by atoms with Gasteiger partial charge in [-0.1, -0.05) is 37.5 Å². The molecule has 0 heterocycles. The number of para-hydroxylation sites is 1. The van der Waals surface area contributed by atoms with Gasteiger partial charge in [-0.3, -0.25) is 4.79 Å². The van der Waals surface area contributed by atoms with Gasteiger partial charge in [0.25, 0.3) is 0 Å². The van der Waals surface area contributed by atoms with Gasteiger partial charge in [0.15, 0.2) is 0 Å². The molecule has 22 heavy (non-hydrogen) atoms. The lowest BCUT2D eigenvalue weighted by Gasteiger charge is -2.28. The molecule has 1 aromatic carbocycles. The highest BCUT2D eigenvalue weighted by atomic mass is 16.3. The lowest BCUT2D eigenvalue weighted by atomic mass is 9.94. The van der Waals surface area contributed by atoms with Gasteiger partial charge < -0.3 is 15.7 Å². The second-order valence-corrected chi connectivity index (χ2v) is 6.37. The maximum atomic E-state index is 12.1. The minimum atomic E-state index is 0.0281. The van der Waals surface area contributed by atoms with Crippen LogP contribution in [0.3, 0.4) is 0 Å². The van der Waals surface area contributed by atoms with E-state index in [0.717, 1.165) is 18.5 Å². The van der Waals surface area contributed by atoms with E-state index in [1.165, 1.54) is 19.3 Å². The molecule has 3 atom stereocenters. The minimum Gasteiger partial charge on any atom is -0.396 e. The molecule has 4 heteroatoms. The number of carbonyl (C=O) groups excluding carboxylic acids is 1. The number of benzene rings is 1. The molecule has 1 fully saturated rings. The van der Waals surface area contributed by atoms with Gasteiger partial charge in [0.2, 0.25) is 5.91 Å². The standard InChI is InChI=1S/C18H28N2O2/c1-14(12-18(22)20-16-9-5-3-6-10-16)19-17-11-7-2-4-8-15(17)13-21/h3,5-6,9-10,14-15,17,19,21H,2,4,7-8,11-13H2,1H3,(H,20,22). The summed E-state index contributed by atoms with van der Waals surface area (Å²) in [5.74, 6) is 0.350. The van der Waals surface area contributed by atoms with Gasteiger partial charge in [-0.25, -0.2) is 0 Å². The maximum absolute atomic E-state index is 12.1. The zero-order valence-corrected chi connectivity index (χ0v) is 13.4. The van der Waals surface area contributed by atoms with Crippen molar-refractivity contribution in [1.29, 1.82) is 0 Å². The van der Waals surface area contributed by atoms with Crippen LogP contribution >= 0.6 is 0 Å². The molecule has 122 valence electrons. The van der Waals surface area contributed by atoms with E-state index in [4.69, 9.17) is 0 Å². The van der Waals surface area contributed by atoms with Crippen molar-refractivity contribution >= 4 is 11.6 Å². The number of carbonyl (C=O) groups is 1. The number of rotatable bonds is 6. The Morgan fingerprint density at radius 1 is 1.23 bits per heavy atom. The molecule has 1 aromatic rings. The van der Waals surface area contributed by atoms with Crippen LogP contribution in [-0.2, 0) is 4.79 Å². The summed E-state index contributed by atoms with van der Waals surface area (Å²) in [4.78, 5) is 12.1. The number of amides is 1. The molecular formula is C18H28N2O2. The molecule has 0 aliphatic heterocycles. The van der Waals surface area contributed by atoms with Gasteiger partial charge in [0.1, 0.15) is 0 Å². The first-order valence-electron chi connectivity index (χ1n) is 8.41. The lowest BCUT2D eigenvalue weighted by molar-refractivity contribution is -0.116. The summed E-state index contributed by atoms with van der Waals surface area (Å²) >= 11 is 0. The topological polar surface area (TPSA) is 61.4 Å². The largest absolute Gasteiger partial charge is 0.396 e.